The Bertz CT molecular complexity index is 385. The first-order valence-electron chi connectivity index (χ1n) is 5.84. The SMILES string of the molecule is CCC(CC(=O)OC)c1cccc(OC)c1C. The lowest BCUT2D eigenvalue weighted by Gasteiger charge is -2.18. The second-order valence-electron chi connectivity index (χ2n) is 4.06. The van der Waals surface area contributed by atoms with Crippen LogP contribution in [0.5, 0.6) is 5.75 Å². The summed E-state index contributed by atoms with van der Waals surface area (Å²) < 4.78 is 10.0. The number of methoxy groups -OCH3 is 2. The molecule has 0 aliphatic carbocycles. The van der Waals surface area contributed by atoms with Crippen molar-refractivity contribution in [3.8, 4) is 5.75 Å². The van der Waals surface area contributed by atoms with Gasteiger partial charge in [-0.15, -0.1) is 0 Å². The van der Waals surface area contributed by atoms with E-state index in [1.54, 1.807) is 7.11 Å². The first-order valence-corrected chi connectivity index (χ1v) is 5.84. The third-order valence-corrected chi connectivity index (χ3v) is 3.12. The van der Waals surface area contributed by atoms with Gasteiger partial charge in [-0.25, -0.2) is 0 Å². The maximum absolute atomic E-state index is 11.4. The Morgan fingerprint density at radius 1 is 1.35 bits per heavy atom. The summed E-state index contributed by atoms with van der Waals surface area (Å²) in [5.74, 6) is 0.891. The standard InChI is InChI=1S/C14H20O3/c1-5-11(9-14(15)17-4)12-7-6-8-13(16-3)10(12)2/h6-8,11H,5,9H2,1-4H3. The molecule has 0 fully saturated rings. The van der Waals surface area contributed by atoms with E-state index in [9.17, 15) is 4.79 Å². The van der Waals surface area contributed by atoms with E-state index in [4.69, 9.17) is 9.47 Å². The maximum Gasteiger partial charge on any atom is 0.306 e. The predicted octanol–water partition coefficient (Wildman–Crippen LogP) is 3.06. The van der Waals surface area contributed by atoms with Crippen LogP contribution in [0.1, 0.15) is 36.8 Å². The first kappa shape index (κ1) is 13.6. The number of hydrogen-bond donors (Lipinski definition) is 0. The molecule has 0 aliphatic rings. The summed E-state index contributed by atoms with van der Waals surface area (Å²) in [6, 6.07) is 5.94. The summed E-state index contributed by atoms with van der Waals surface area (Å²) >= 11 is 0. The Morgan fingerprint density at radius 2 is 2.06 bits per heavy atom. The Kier molecular flexibility index (Phi) is 5.01. The van der Waals surface area contributed by atoms with E-state index in [1.165, 1.54) is 7.11 Å². The van der Waals surface area contributed by atoms with Gasteiger partial charge in [-0.2, -0.15) is 0 Å². The molecule has 0 N–H and O–H groups in total. The van der Waals surface area contributed by atoms with Crippen molar-refractivity contribution in [2.75, 3.05) is 14.2 Å². The summed E-state index contributed by atoms with van der Waals surface area (Å²) in [4.78, 5) is 11.4. The van der Waals surface area contributed by atoms with Gasteiger partial charge in [0.15, 0.2) is 0 Å². The smallest absolute Gasteiger partial charge is 0.306 e. The molecule has 0 aliphatic heterocycles. The van der Waals surface area contributed by atoms with E-state index in [0.29, 0.717) is 6.42 Å². The molecule has 3 heteroatoms. The van der Waals surface area contributed by atoms with E-state index in [1.807, 2.05) is 19.1 Å². The van der Waals surface area contributed by atoms with E-state index in [2.05, 4.69) is 13.0 Å². The van der Waals surface area contributed by atoms with Gasteiger partial charge in [-0.1, -0.05) is 19.1 Å². The Morgan fingerprint density at radius 3 is 2.59 bits per heavy atom. The van der Waals surface area contributed by atoms with Crippen molar-refractivity contribution in [1.82, 2.24) is 0 Å². The zero-order chi connectivity index (χ0) is 12.8. The zero-order valence-corrected chi connectivity index (χ0v) is 10.9. The second kappa shape index (κ2) is 6.28. The van der Waals surface area contributed by atoms with Crippen LogP contribution in [0.15, 0.2) is 18.2 Å². The van der Waals surface area contributed by atoms with Gasteiger partial charge in [0.25, 0.3) is 0 Å². The Balaban J connectivity index is 2.99. The molecule has 17 heavy (non-hydrogen) atoms. The van der Waals surface area contributed by atoms with Crippen LogP contribution in [0.3, 0.4) is 0 Å². The lowest BCUT2D eigenvalue weighted by molar-refractivity contribution is -0.141. The number of esters is 1. The maximum atomic E-state index is 11.4. The molecule has 0 saturated heterocycles. The average molecular weight is 236 g/mol. The van der Waals surface area contributed by atoms with Gasteiger partial charge in [0, 0.05) is 0 Å². The van der Waals surface area contributed by atoms with E-state index in [0.717, 1.165) is 23.3 Å². The van der Waals surface area contributed by atoms with Crippen molar-refractivity contribution in [3.63, 3.8) is 0 Å². The number of rotatable bonds is 5. The third-order valence-electron chi connectivity index (χ3n) is 3.12. The highest BCUT2D eigenvalue weighted by atomic mass is 16.5. The van der Waals surface area contributed by atoms with Crippen LogP contribution in [0.4, 0.5) is 0 Å². The molecular formula is C14H20O3. The molecule has 0 amide bonds. The Hall–Kier alpha value is -1.51. The van der Waals surface area contributed by atoms with E-state index < -0.39 is 0 Å². The summed E-state index contributed by atoms with van der Waals surface area (Å²) in [7, 11) is 3.08. The fourth-order valence-corrected chi connectivity index (χ4v) is 2.05. The van der Waals surface area contributed by atoms with Crippen LogP contribution in [0.25, 0.3) is 0 Å². The van der Waals surface area contributed by atoms with Gasteiger partial charge in [0.1, 0.15) is 5.75 Å². The highest BCUT2D eigenvalue weighted by Gasteiger charge is 2.17. The molecule has 0 bridgehead atoms. The molecule has 1 rings (SSSR count). The van der Waals surface area contributed by atoms with Crippen molar-refractivity contribution in [1.29, 1.82) is 0 Å². The largest absolute Gasteiger partial charge is 0.496 e. The molecule has 94 valence electrons. The minimum atomic E-state index is -0.168. The van der Waals surface area contributed by atoms with Gasteiger partial charge < -0.3 is 9.47 Å². The van der Waals surface area contributed by atoms with Crippen LogP contribution >= 0.6 is 0 Å². The molecule has 0 aromatic heterocycles. The molecule has 1 aromatic rings. The van der Waals surface area contributed by atoms with Gasteiger partial charge in [0.2, 0.25) is 0 Å². The number of benzene rings is 1. The molecule has 3 nitrogen and oxygen atoms in total. The first-order chi connectivity index (χ1) is 8.13. The van der Waals surface area contributed by atoms with Crippen LogP contribution in [-0.4, -0.2) is 20.2 Å². The monoisotopic (exact) mass is 236 g/mol. The summed E-state index contributed by atoms with van der Waals surface area (Å²) in [5.41, 5.74) is 2.27. The molecule has 1 unspecified atom stereocenters. The van der Waals surface area contributed by atoms with Crippen molar-refractivity contribution < 1.29 is 14.3 Å². The zero-order valence-electron chi connectivity index (χ0n) is 10.9. The van der Waals surface area contributed by atoms with Crippen molar-refractivity contribution in [3.05, 3.63) is 29.3 Å². The normalized spacial score (nSPS) is 12.0. The second-order valence-corrected chi connectivity index (χ2v) is 4.06. The fraction of sp³-hybridized carbons (Fsp3) is 0.500. The summed E-state index contributed by atoms with van der Waals surface area (Å²) in [5, 5.41) is 0. The minimum absolute atomic E-state index is 0.168. The lowest BCUT2D eigenvalue weighted by atomic mass is 9.89. The molecule has 1 atom stereocenters. The molecule has 1 aromatic carbocycles. The van der Waals surface area contributed by atoms with Crippen molar-refractivity contribution >= 4 is 5.97 Å². The van der Waals surface area contributed by atoms with Crippen LogP contribution in [0, 0.1) is 6.92 Å². The van der Waals surface area contributed by atoms with Crippen molar-refractivity contribution in [2.45, 2.75) is 32.6 Å². The number of carbonyl (C=O) groups excluding carboxylic acids is 1. The highest BCUT2D eigenvalue weighted by Crippen LogP contribution is 2.31. The van der Waals surface area contributed by atoms with Crippen LogP contribution < -0.4 is 4.74 Å². The quantitative estimate of drug-likeness (QED) is 0.737. The fourth-order valence-electron chi connectivity index (χ4n) is 2.05. The van der Waals surface area contributed by atoms with Gasteiger partial charge in [0.05, 0.1) is 20.6 Å². The number of ether oxygens (including phenoxy) is 2. The van der Waals surface area contributed by atoms with Crippen LogP contribution in [0.2, 0.25) is 0 Å². The highest BCUT2D eigenvalue weighted by molar-refractivity contribution is 5.70. The van der Waals surface area contributed by atoms with E-state index in [-0.39, 0.29) is 11.9 Å². The molecular weight excluding hydrogens is 216 g/mol. The number of hydrogen-bond acceptors (Lipinski definition) is 3. The molecule has 0 radical (unpaired) electrons. The molecule has 0 heterocycles. The topological polar surface area (TPSA) is 35.5 Å². The van der Waals surface area contributed by atoms with E-state index >= 15 is 0 Å². The average Bonchev–Trinajstić information content (AvgIpc) is 2.36. The van der Waals surface area contributed by atoms with Gasteiger partial charge in [-0.05, 0) is 36.5 Å². The van der Waals surface area contributed by atoms with Gasteiger partial charge >= 0.3 is 5.97 Å². The Labute approximate surface area is 103 Å². The number of carbonyl (C=O) groups is 1. The van der Waals surface area contributed by atoms with Crippen molar-refractivity contribution in [2.24, 2.45) is 0 Å². The van der Waals surface area contributed by atoms with Gasteiger partial charge in [-0.3, -0.25) is 4.79 Å². The summed E-state index contributed by atoms with van der Waals surface area (Å²) in [6.07, 6.45) is 1.32. The lowest BCUT2D eigenvalue weighted by Crippen LogP contribution is -2.09. The van der Waals surface area contributed by atoms with Crippen LogP contribution in [-0.2, 0) is 9.53 Å². The molecule has 0 spiro atoms. The summed E-state index contributed by atoms with van der Waals surface area (Å²) in [6.45, 7) is 4.10. The molecule has 0 saturated carbocycles. The predicted molar refractivity (Wildman–Crippen MR) is 67.4 cm³/mol. The third kappa shape index (κ3) is 3.22. The minimum Gasteiger partial charge on any atom is -0.496 e.